The van der Waals surface area contributed by atoms with E-state index in [0.29, 0.717) is 24.8 Å². The summed E-state index contributed by atoms with van der Waals surface area (Å²) >= 11 is 0. The van der Waals surface area contributed by atoms with Gasteiger partial charge in [-0.3, -0.25) is 19.6 Å². The summed E-state index contributed by atoms with van der Waals surface area (Å²) in [6.45, 7) is 6.24. The van der Waals surface area contributed by atoms with E-state index in [9.17, 15) is 14.4 Å². The number of primary amides is 1. The Kier molecular flexibility index (Phi) is 6.55. The summed E-state index contributed by atoms with van der Waals surface area (Å²) in [5.41, 5.74) is 7.84. The van der Waals surface area contributed by atoms with E-state index in [2.05, 4.69) is 42.6 Å². The van der Waals surface area contributed by atoms with Gasteiger partial charge in [-0.1, -0.05) is 20.8 Å². The molecule has 9 nitrogen and oxygen atoms in total. The molecule has 1 aromatic heterocycles. The number of nitrogens with zero attached hydrogens (tertiary/aromatic N) is 2. The van der Waals surface area contributed by atoms with Gasteiger partial charge in [-0.05, 0) is 61.6 Å². The first-order valence-electron chi connectivity index (χ1n) is 12.1. The quantitative estimate of drug-likeness (QED) is 0.574. The molecule has 2 aromatic rings. The zero-order chi connectivity index (χ0) is 24.6. The van der Waals surface area contributed by atoms with E-state index in [1.165, 1.54) is 0 Å². The van der Waals surface area contributed by atoms with E-state index in [1.54, 1.807) is 4.68 Å². The number of imide groups is 1. The summed E-state index contributed by atoms with van der Waals surface area (Å²) in [4.78, 5) is 35.3. The number of nitrogens with one attached hydrogen (secondary N) is 2. The average molecular weight is 470 g/mol. The number of benzene rings is 1. The third kappa shape index (κ3) is 5.03. The van der Waals surface area contributed by atoms with E-state index in [0.717, 1.165) is 48.0 Å². The van der Waals surface area contributed by atoms with Gasteiger partial charge in [0.1, 0.15) is 6.10 Å². The molecule has 2 heterocycles. The minimum absolute atomic E-state index is 0.162. The Labute approximate surface area is 199 Å². The maximum atomic E-state index is 12.4. The number of piperidine rings is 1. The third-order valence-corrected chi connectivity index (χ3v) is 7.12. The van der Waals surface area contributed by atoms with E-state index < -0.39 is 12.0 Å². The van der Waals surface area contributed by atoms with Gasteiger partial charge in [0.15, 0.2) is 0 Å². The van der Waals surface area contributed by atoms with Crippen molar-refractivity contribution in [3.8, 4) is 0 Å². The number of aromatic nitrogens is 2. The Morgan fingerprint density at radius 1 is 1.21 bits per heavy atom. The van der Waals surface area contributed by atoms with Crippen LogP contribution in [0.15, 0.2) is 18.2 Å². The number of anilines is 1. The van der Waals surface area contributed by atoms with Gasteiger partial charge in [-0.2, -0.15) is 5.10 Å². The smallest absolute Gasteiger partial charge is 0.404 e. The average Bonchev–Trinajstić information content (AvgIpc) is 3.08. The number of hydrogen-bond donors (Lipinski definition) is 3. The van der Waals surface area contributed by atoms with Gasteiger partial charge in [0, 0.05) is 30.6 Å². The summed E-state index contributed by atoms with van der Waals surface area (Å²) in [5.74, 6) is -0.614. The van der Waals surface area contributed by atoms with Crippen LogP contribution < -0.4 is 16.4 Å². The van der Waals surface area contributed by atoms with Crippen molar-refractivity contribution >= 4 is 34.5 Å². The van der Waals surface area contributed by atoms with Crippen LogP contribution in [0.5, 0.6) is 0 Å². The number of rotatable bonds is 5. The first kappa shape index (κ1) is 24.0. The fourth-order valence-electron chi connectivity index (χ4n) is 5.49. The van der Waals surface area contributed by atoms with Gasteiger partial charge in [-0.15, -0.1) is 0 Å². The molecule has 0 radical (unpaired) electrons. The Hall–Kier alpha value is -3.10. The van der Waals surface area contributed by atoms with Crippen LogP contribution in [-0.2, 0) is 21.4 Å². The molecule has 0 bridgehead atoms. The molecule has 2 fully saturated rings. The summed E-state index contributed by atoms with van der Waals surface area (Å²) in [7, 11) is 1.87. The predicted molar refractivity (Wildman–Crippen MR) is 129 cm³/mol. The second-order valence-electron chi connectivity index (χ2n) is 10.7. The van der Waals surface area contributed by atoms with Crippen LogP contribution in [0, 0.1) is 11.3 Å². The van der Waals surface area contributed by atoms with Crippen molar-refractivity contribution in [2.75, 3.05) is 5.32 Å². The molecule has 1 aliphatic carbocycles. The minimum Gasteiger partial charge on any atom is -0.446 e. The van der Waals surface area contributed by atoms with Crippen molar-refractivity contribution in [2.45, 2.75) is 77.4 Å². The van der Waals surface area contributed by atoms with Crippen LogP contribution in [0.4, 0.5) is 10.5 Å². The summed E-state index contributed by atoms with van der Waals surface area (Å²) in [6.07, 6.45) is 3.78. The lowest BCUT2D eigenvalue weighted by atomic mass is 9.73. The number of aryl methyl sites for hydroxylation is 1. The van der Waals surface area contributed by atoms with E-state index in [4.69, 9.17) is 10.5 Å². The fraction of sp³-hybridized carbons (Fsp3) is 0.600. The number of ether oxygens (including phenoxy) is 1. The first-order chi connectivity index (χ1) is 16.0. The first-order valence-corrected chi connectivity index (χ1v) is 12.1. The van der Waals surface area contributed by atoms with Crippen LogP contribution in [0.25, 0.3) is 10.9 Å². The highest BCUT2D eigenvalue weighted by Crippen LogP contribution is 2.38. The molecule has 2 aliphatic rings. The maximum Gasteiger partial charge on any atom is 0.404 e. The van der Waals surface area contributed by atoms with Crippen LogP contribution in [0.3, 0.4) is 0 Å². The third-order valence-electron chi connectivity index (χ3n) is 7.12. The van der Waals surface area contributed by atoms with Crippen molar-refractivity contribution in [1.82, 2.24) is 15.1 Å². The highest BCUT2D eigenvalue weighted by molar-refractivity contribution is 6.02. The second-order valence-corrected chi connectivity index (χ2v) is 10.7. The highest BCUT2D eigenvalue weighted by atomic mass is 16.6. The van der Waals surface area contributed by atoms with Crippen LogP contribution in [0.2, 0.25) is 0 Å². The normalized spacial score (nSPS) is 24.5. The fourth-order valence-corrected chi connectivity index (χ4v) is 5.49. The van der Waals surface area contributed by atoms with Crippen molar-refractivity contribution in [3.63, 3.8) is 0 Å². The van der Waals surface area contributed by atoms with Crippen LogP contribution in [-0.4, -0.2) is 39.8 Å². The number of nitrogens with two attached hydrogens (primary N) is 1. The van der Waals surface area contributed by atoms with Gasteiger partial charge in [0.25, 0.3) is 0 Å². The van der Waals surface area contributed by atoms with Crippen molar-refractivity contribution in [2.24, 2.45) is 24.1 Å². The van der Waals surface area contributed by atoms with Gasteiger partial charge < -0.3 is 15.8 Å². The largest absolute Gasteiger partial charge is 0.446 e. The molecule has 4 rings (SSSR count). The Morgan fingerprint density at radius 3 is 2.53 bits per heavy atom. The molecule has 34 heavy (non-hydrogen) atoms. The molecule has 3 amide bonds. The lowest BCUT2D eigenvalue weighted by Crippen LogP contribution is -2.42. The van der Waals surface area contributed by atoms with Gasteiger partial charge in [0.05, 0.1) is 17.1 Å². The molecule has 1 saturated carbocycles. The zero-order valence-electron chi connectivity index (χ0n) is 20.4. The minimum atomic E-state index is -0.707. The Morgan fingerprint density at radius 2 is 1.91 bits per heavy atom. The number of carbonyl (C=O) groups excluding carboxylic acids is 3. The maximum absolute atomic E-state index is 12.4. The van der Waals surface area contributed by atoms with Crippen molar-refractivity contribution in [3.05, 3.63) is 23.9 Å². The molecule has 1 saturated heterocycles. The molecule has 0 unspecified atom stereocenters. The number of hydrogen-bond acceptors (Lipinski definition) is 6. The molecule has 1 aliphatic heterocycles. The van der Waals surface area contributed by atoms with E-state index >= 15 is 0 Å². The van der Waals surface area contributed by atoms with Crippen molar-refractivity contribution in [1.29, 1.82) is 0 Å². The van der Waals surface area contributed by atoms with Gasteiger partial charge >= 0.3 is 6.09 Å². The summed E-state index contributed by atoms with van der Waals surface area (Å²) in [6, 6.07) is 6.43. The SMILES string of the molecule is Cn1nc([C@@H]2CCC(=O)NC2=O)c2ccc(NC3CCC([C@H](OC(N)=O)C(C)(C)C)CC3)cc21. The molecule has 1 aromatic carbocycles. The molecule has 9 heteroatoms. The molecule has 4 N–H and O–H groups in total. The molecule has 0 spiro atoms. The Bertz CT molecular complexity index is 1090. The van der Waals surface area contributed by atoms with Crippen molar-refractivity contribution < 1.29 is 19.1 Å². The molecule has 2 atom stereocenters. The van der Waals surface area contributed by atoms with E-state index in [-0.39, 0.29) is 23.3 Å². The van der Waals surface area contributed by atoms with Crippen LogP contribution >= 0.6 is 0 Å². The topological polar surface area (TPSA) is 128 Å². The Balaban J connectivity index is 1.44. The summed E-state index contributed by atoms with van der Waals surface area (Å²) < 4.78 is 7.29. The second kappa shape index (κ2) is 9.27. The monoisotopic (exact) mass is 469 g/mol. The predicted octanol–water partition coefficient (Wildman–Crippen LogP) is 3.57. The number of fused-ring (bicyclic) bond motifs is 1. The summed E-state index contributed by atoms with van der Waals surface area (Å²) in [5, 5.41) is 11.6. The van der Waals surface area contributed by atoms with E-state index in [1.807, 2.05) is 19.2 Å². The standard InChI is InChI=1S/C25H35N5O4/c1-25(2,3)22(34-24(26)33)14-5-7-15(8-6-14)27-16-9-10-17-19(13-16)30(4)29-21(17)18-11-12-20(31)28-23(18)32/h9-10,13-15,18,22,27H,5-8,11-12H2,1-4H3,(H2,26,33)(H,28,31,32)/t14?,15?,18-,22-/m0/s1. The molecule has 184 valence electrons. The number of carbonyl (C=O) groups is 3. The zero-order valence-corrected chi connectivity index (χ0v) is 20.4. The molecular formula is C25H35N5O4. The van der Waals surface area contributed by atoms with Crippen LogP contribution in [0.1, 0.15) is 70.9 Å². The lowest BCUT2D eigenvalue weighted by Gasteiger charge is -2.39. The lowest BCUT2D eigenvalue weighted by molar-refractivity contribution is -0.134. The van der Waals surface area contributed by atoms with Gasteiger partial charge in [-0.25, -0.2) is 4.79 Å². The van der Waals surface area contributed by atoms with Gasteiger partial charge in [0.2, 0.25) is 11.8 Å². The number of amides is 3. The molecular weight excluding hydrogens is 434 g/mol. The highest BCUT2D eigenvalue weighted by Gasteiger charge is 2.37.